The first-order valence-electron chi connectivity index (χ1n) is 10.5. The SMILES string of the molecule is COc1cc2ncc(-c3ccnc(NC4CCNC4)n3)n2nc1C1CCCCC1. The smallest absolute Gasteiger partial charge is 0.223 e. The molecule has 2 fully saturated rings. The summed E-state index contributed by atoms with van der Waals surface area (Å²) in [6, 6.07) is 4.27. The molecule has 0 radical (unpaired) electrons. The Morgan fingerprint density at radius 2 is 2.07 bits per heavy atom. The fourth-order valence-corrected chi connectivity index (χ4v) is 4.44. The Morgan fingerprint density at radius 3 is 2.86 bits per heavy atom. The summed E-state index contributed by atoms with van der Waals surface area (Å²) in [6.45, 7) is 1.97. The van der Waals surface area contributed by atoms with Crippen LogP contribution in [0.2, 0.25) is 0 Å². The molecule has 0 bridgehead atoms. The Balaban J connectivity index is 1.51. The molecule has 8 nitrogen and oxygen atoms in total. The van der Waals surface area contributed by atoms with Crippen LogP contribution in [0.1, 0.15) is 50.1 Å². The Bertz CT molecular complexity index is 990. The third-order valence-electron chi connectivity index (χ3n) is 6.01. The minimum absolute atomic E-state index is 0.368. The van der Waals surface area contributed by atoms with Gasteiger partial charge in [-0.25, -0.2) is 19.5 Å². The largest absolute Gasteiger partial charge is 0.495 e. The van der Waals surface area contributed by atoms with Gasteiger partial charge in [-0.3, -0.25) is 0 Å². The summed E-state index contributed by atoms with van der Waals surface area (Å²) in [4.78, 5) is 13.7. The number of anilines is 1. The fourth-order valence-electron chi connectivity index (χ4n) is 4.44. The lowest BCUT2D eigenvalue weighted by atomic mass is 9.86. The Hall–Kier alpha value is -2.74. The van der Waals surface area contributed by atoms with Crippen molar-refractivity contribution >= 4 is 11.6 Å². The second-order valence-corrected chi connectivity index (χ2v) is 7.95. The first kappa shape index (κ1) is 18.3. The molecule has 1 atom stereocenters. The summed E-state index contributed by atoms with van der Waals surface area (Å²) in [5.74, 6) is 1.92. The highest BCUT2D eigenvalue weighted by Crippen LogP contribution is 2.37. The molecular weight excluding hydrogens is 366 g/mol. The van der Waals surface area contributed by atoms with Crippen molar-refractivity contribution < 1.29 is 4.74 Å². The molecule has 1 unspecified atom stereocenters. The summed E-state index contributed by atoms with van der Waals surface area (Å²) in [5.41, 5.74) is 3.48. The van der Waals surface area contributed by atoms with Crippen molar-refractivity contribution in [1.82, 2.24) is 29.9 Å². The first-order chi connectivity index (χ1) is 14.3. The Labute approximate surface area is 170 Å². The lowest BCUT2D eigenvalue weighted by molar-refractivity contribution is 0.377. The van der Waals surface area contributed by atoms with Crippen molar-refractivity contribution in [2.75, 3.05) is 25.5 Å². The van der Waals surface area contributed by atoms with E-state index in [-0.39, 0.29) is 0 Å². The average molecular weight is 393 g/mol. The molecule has 8 heteroatoms. The fraction of sp³-hybridized carbons (Fsp3) is 0.524. The van der Waals surface area contributed by atoms with E-state index < -0.39 is 0 Å². The maximum absolute atomic E-state index is 5.66. The number of nitrogens with zero attached hydrogens (tertiary/aromatic N) is 5. The lowest BCUT2D eigenvalue weighted by Gasteiger charge is -2.22. The number of hydrogen-bond donors (Lipinski definition) is 2. The molecule has 3 aromatic rings. The zero-order valence-corrected chi connectivity index (χ0v) is 16.8. The van der Waals surface area contributed by atoms with Gasteiger partial charge in [-0.15, -0.1) is 0 Å². The lowest BCUT2D eigenvalue weighted by Crippen LogP contribution is -2.23. The Kier molecular flexibility index (Phi) is 5.01. The summed E-state index contributed by atoms with van der Waals surface area (Å²) in [7, 11) is 1.71. The van der Waals surface area contributed by atoms with Crippen LogP contribution in [0, 0.1) is 0 Å². The maximum atomic E-state index is 5.66. The van der Waals surface area contributed by atoms with Gasteiger partial charge < -0.3 is 15.4 Å². The maximum Gasteiger partial charge on any atom is 0.223 e. The second-order valence-electron chi connectivity index (χ2n) is 7.95. The van der Waals surface area contributed by atoms with Crippen molar-refractivity contribution in [2.45, 2.75) is 50.5 Å². The van der Waals surface area contributed by atoms with Crippen molar-refractivity contribution in [3.63, 3.8) is 0 Å². The van der Waals surface area contributed by atoms with Crippen LogP contribution in [-0.2, 0) is 0 Å². The number of fused-ring (bicyclic) bond motifs is 1. The van der Waals surface area contributed by atoms with Gasteiger partial charge in [-0.1, -0.05) is 19.3 Å². The van der Waals surface area contributed by atoms with Crippen LogP contribution >= 0.6 is 0 Å². The van der Waals surface area contributed by atoms with Gasteiger partial charge in [-0.05, 0) is 31.9 Å². The van der Waals surface area contributed by atoms with E-state index in [1.807, 2.05) is 22.8 Å². The van der Waals surface area contributed by atoms with E-state index >= 15 is 0 Å². The molecule has 0 amide bonds. The van der Waals surface area contributed by atoms with E-state index in [9.17, 15) is 0 Å². The van der Waals surface area contributed by atoms with Gasteiger partial charge >= 0.3 is 0 Å². The number of methoxy groups -OCH3 is 1. The summed E-state index contributed by atoms with van der Waals surface area (Å²) < 4.78 is 7.56. The summed E-state index contributed by atoms with van der Waals surface area (Å²) in [5, 5.41) is 11.7. The highest BCUT2D eigenvalue weighted by molar-refractivity contribution is 5.61. The highest BCUT2D eigenvalue weighted by atomic mass is 16.5. The normalized spacial score (nSPS) is 20.2. The van der Waals surface area contributed by atoms with E-state index in [1.54, 1.807) is 13.3 Å². The van der Waals surface area contributed by atoms with Crippen LogP contribution in [0.15, 0.2) is 24.5 Å². The van der Waals surface area contributed by atoms with E-state index in [0.29, 0.717) is 17.9 Å². The first-order valence-corrected chi connectivity index (χ1v) is 10.5. The van der Waals surface area contributed by atoms with E-state index in [0.717, 1.165) is 60.8 Å². The zero-order chi connectivity index (χ0) is 19.6. The van der Waals surface area contributed by atoms with E-state index in [4.69, 9.17) is 14.8 Å². The molecule has 2 N–H and O–H groups in total. The number of aromatic nitrogens is 5. The van der Waals surface area contributed by atoms with Gasteiger partial charge in [0, 0.05) is 30.8 Å². The third kappa shape index (κ3) is 3.64. The molecule has 0 aromatic carbocycles. The van der Waals surface area contributed by atoms with Crippen LogP contribution in [0.3, 0.4) is 0 Å². The number of hydrogen-bond acceptors (Lipinski definition) is 7. The number of nitrogens with one attached hydrogen (secondary N) is 2. The Morgan fingerprint density at radius 1 is 1.17 bits per heavy atom. The second kappa shape index (κ2) is 7.94. The van der Waals surface area contributed by atoms with E-state index in [2.05, 4.69) is 20.6 Å². The molecule has 1 saturated heterocycles. The molecule has 29 heavy (non-hydrogen) atoms. The van der Waals surface area contributed by atoms with Crippen molar-refractivity contribution in [2.24, 2.45) is 0 Å². The minimum atomic E-state index is 0.368. The number of imidazole rings is 1. The van der Waals surface area contributed by atoms with Crippen LogP contribution in [0.25, 0.3) is 17.0 Å². The summed E-state index contributed by atoms with van der Waals surface area (Å²) >= 11 is 0. The van der Waals surface area contributed by atoms with Gasteiger partial charge in [0.05, 0.1) is 19.0 Å². The predicted molar refractivity (Wildman–Crippen MR) is 111 cm³/mol. The topological polar surface area (TPSA) is 89.3 Å². The van der Waals surface area contributed by atoms with Gasteiger partial charge in [0.2, 0.25) is 5.95 Å². The number of rotatable bonds is 5. The molecule has 152 valence electrons. The van der Waals surface area contributed by atoms with Crippen LogP contribution in [-0.4, -0.2) is 50.8 Å². The van der Waals surface area contributed by atoms with Crippen molar-refractivity contribution in [3.8, 4) is 17.1 Å². The van der Waals surface area contributed by atoms with Crippen LogP contribution in [0.5, 0.6) is 5.75 Å². The van der Waals surface area contributed by atoms with Gasteiger partial charge in [0.15, 0.2) is 5.65 Å². The molecule has 2 aliphatic rings. The quantitative estimate of drug-likeness (QED) is 0.689. The van der Waals surface area contributed by atoms with E-state index in [1.165, 1.54) is 19.3 Å². The molecule has 1 aliphatic carbocycles. The average Bonchev–Trinajstić information content (AvgIpc) is 3.43. The minimum Gasteiger partial charge on any atom is -0.495 e. The molecule has 5 rings (SSSR count). The van der Waals surface area contributed by atoms with Crippen LogP contribution < -0.4 is 15.4 Å². The third-order valence-corrected chi connectivity index (χ3v) is 6.01. The standard InChI is InChI=1S/C21H27N7O/c1-29-18-11-19-24-13-17(28(19)27-20(18)14-5-3-2-4-6-14)16-8-10-23-21(26-16)25-15-7-9-22-12-15/h8,10-11,13-15,22H,2-7,9,12H2,1H3,(H,23,25,26). The van der Waals surface area contributed by atoms with Crippen molar-refractivity contribution in [3.05, 3.63) is 30.2 Å². The monoisotopic (exact) mass is 393 g/mol. The number of ether oxygens (including phenoxy) is 1. The molecule has 0 spiro atoms. The van der Waals surface area contributed by atoms with Gasteiger partial charge in [-0.2, -0.15) is 5.10 Å². The van der Waals surface area contributed by atoms with Gasteiger partial charge in [0.1, 0.15) is 17.1 Å². The highest BCUT2D eigenvalue weighted by Gasteiger charge is 2.23. The van der Waals surface area contributed by atoms with Crippen molar-refractivity contribution in [1.29, 1.82) is 0 Å². The molecular formula is C21H27N7O. The molecule has 1 saturated carbocycles. The molecule has 4 heterocycles. The van der Waals surface area contributed by atoms with Crippen LogP contribution in [0.4, 0.5) is 5.95 Å². The van der Waals surface area contributed by atoms with Gasteiger partial charge in [0.25, 0.3) is 0 Å². The molecule has 1 aliphatic heterocycles. The summed E-state index contributed by atoms with van der Waals surface area (Å²) in [6.07, 6.45) is 10.8. The molecule has 3 aromatic heterocycles. The zero-order valence-electron chi connectivity index (χ0n) is 16.8. The predicted octanol–water partition coefficient (Wildman–Crippen LogP) is 3.02.